The van der Waals surface area contributed by atoms with E-state index >= 15 is 0 Å². The Morgan fingerprint density at radius 1 is 0.952 bits per heavy atom. The molecule has 1 atom stereocenters. The molecule has 42 heavy (non-hydrogen) atoms. The minimum Gasteiger partial charge on any atom is -0.463 e. The van der Waals surface area contributed by atoms with Crippen LogP contribution in [0.25, 0.3) is 10.8 Å². The van der Waals surface area contributed by atoms with Crippen molar-refractivity contribution in [3.63, 3.8) is 0 Å². The summed E-state index contributed by atoms with van der Waals surface area (Å²) in [5, 5.41) is 13.0. The molecule has 3 aromatic carbocycles. The lowest BCUT2D eigenvalue weighted by Gasteiger charge is -2.35. The van der Waals surface area contributed by atoms with Crippen molar-refractivity contribution in [2.24, 2.45) is 0 Å². The summed E-state index contributed by atoms with van der Waals surface area (Å²) >= 11 is 0. The van der Waals surface area contributed by atoms with E-state index < -0.39 is 6.09 Å². The number of hydrogen-bond acceptors (Lipinski definition) is 8. The molecule has 5 rings (SSSR count). The largest absolute Gasteiger partial charge is 0.463 e. The second kappa shape index (κ2) is 13.1. The Morgan fingerprint density at radius 2 is 1.62 bits per heavy atom. The van der Waals surface area contributed by atoms with E-state index in [0.717, 1.165) is 37.0 Å². The quantitative estimate of drug-likeness (QED) is 0.228. The maximum absolute atomic E-state index is 12.8. The van der Waals surface area contributed by atoms with E-state index in [4.69, 9.17) is 14.9 Å². The maximum atomic E-state index is 12.8. The molecule has 10 nitrogen and oxygen atoms in total. The number of carbonyl (C=O) groups excluding carboxylic acids is 3. The summed E-state index contributed by atoms with van der Waals surface area (Å²) in [4.78, 5) is 43.4. The Balaban J connectivity index is 1.09. The van der Waals surface area contributed by atoms with Gasteiger partial charge in [-0.2, -0.15) is 0 Å². The fourth-order valence-electron chi connectivity index (χ4n) is 5.28. The molecule has 10 heteroatoms. The van der Waals surface area contributed by atoms with Gasteiger partial charge in [0.05, 0.1) is 19.1 Å². The van der Waals surface area contributed by atoms with Gasteiger partial charge < -0.3 is 19.7 Å². The number of amidine groups is 1. The standard InChI is InChI=1S/C32H37N5O5/c1-22(2)41-29(38)13-14-35-15-17-36(18-16-35)20-28-21-37(32(40)42-28)27-11-9-24(10-12-27)30(33)34-31(39)26-8-7-23-5-3-4-6-25(23)19-26/h3-12,19,22,28H,13-18,20-21H2,1-2H3,(H2,33,34,39). The van der Waals surface area contributed by atoms with E-state index in [2.05, 4.69) is 15.1 Å². The molecular formula is C32H37N5O5. The lowest BCUT2D eigenvalue weighted by molar-refractivity contribution is -0.147. The van der Waals surface area contributed by atoms with E-state index in [-0.39, 0.29) is 29.9 Å². The molecule has 2 N–H and O–H groups in total. The summed E-state index contributed by atoms with van der Waals surface area (Å²) in [5.74, 6) is -0.533. The molecule has 0 spiro atoms. The second-order valence-electron chi connectivity index (χ2n) is 11.0. The molecule has 2 amide bonds. The van der Waals surface area contributed by atoms with Crippen LogP contribution in [-0.2, 0) is 14.3 Å². The van der Waals surface area contributed by atoms with Crippen LogP contribution in [0.3, 0.4) is 0 Å². The highest BCUT2D eigenvalue weighted by molar-refractivity contribution is 6.12. The van der Waals surface area contributed by atoms with Crippen LogP contribution in [-0.4, -0.2) is 91.6 Å². The highest BCUT2D eigenvalue weighted by Crippen LogP contribution is 2.23. The van der Waals surface area contributed by atoms with Gasteiger partial charge in [-0.15, -0.1) is 0 Å². The molecule has 220 valence electrons. The molecule has 2 fully saturated rings. The SMILES string of the molecule is CC(C)OC(=O)CCN1CCN(CC2CN(c3ccc(C(=N)NC(=O)c4ccc5ccccc5c4)cc3)C(=O)O2)CC1. The van der Waals surface area contributed by atoms with Crippen LogP contribution in [0.15, 0.2) is 66.7 Å². The Morgan fingerprint density at radius 3 is 2.33 bits per heavy atom. The molecule has 0 saturated carbocycles. The third kappa shape index (κ3) is 7.32. The van der Waals surface area contributed by atoms with Gasteiger partial charge in [-0.1, -0.05) is 30.3 Å². The van der Waals surface area contributed by atoms with Gasteiger partial charge in [-0.05, 0) is 61.0 Å². The number of cyclic esters (lactones) is 1. The average Bonchev–Trinajstić information content (AvgIpc) is 3.35. The van der Waals surface area contributed by atoms with Crippen molar-refractivity contribution in [1.29, 1.82) is 5.41 Å². The number of anilines is 1. The highest BCUT2D eigenvalue weighted by atomic mass is 16.6. The van der Waals surface area contributed by atoms with Crippen molar-refractivity contribution in [3.05, 3.63) is 77.9 Å². The second-order valence-corrected chi connectivity index (χ2v) is 11.0. The van der Waals surface area contributed by atoms with Crippen LogP contribution in [0.5, 0.6) is 0 Å². The number of carbonyl (C=O) groups is 3. The molecule has 2 saturated heterocycles. The van der Waals surface area contributed by atoms with Crippen molar-refractivity contribution < 1.29 is 23.9 Å². The van der Waals surface area contributed by atoms with Crippen molar-refractivity contribution in [3.8, 4) is 0 Å². The summed E-state index contributed by atoms with van der Waals surface area (Å²) < 4.78 is 10.9. The number of ether oxygens (including phenoxy) is 2. The first-order valence-corrected chi connectivity index (χ1v) is 14.4. The zero-order chi connectivity index (χ0) is 29.6. The van der Waals surface area contributed by atoms with Crippen molar-refractivity contribution in [2.75, 3.05) is 50.7 Å². The molecule has 0 aliphatic carbocycles. The first kappa shape index (κ1) is 29.2. The van der Waals surface area contributed by atoms with Crippen LogP contribution in [0, 0.1) is 5.41 Å². The predicted octanol–water partition coefficient (Wildman–Crippen LogP) is 3.88. The maximum Gasteiger partial charge on any atom is 0.414 e. The fourth-order valence-corrected chi connectivity index (χ4v) is 5.28. The Hall–Kier alpha value is -4.28. The Bertz CT molecular complexity index is 1450. The van der Waals surface area contributed by atoms with E-state index in [9.17, 15) is 14.4 Å². The number of benzene rings is 3. The Labute approximate surface area is 245 Å². The predicted molar refractivity (Wildman–Crippen MR) is 161 cm³/mol. The number of hydrogen-bond donors (Lipinski definition) is 2. The molecule has 0 radical (unpaired) electrons. The van der Waals surface area contributed by atoms with Crippen LogP contribution >= 0.6 is 0 Å². The first-order chi connectivity index (χ1) is 20.2. The van der Waals surface area contributed by atoms with Gasteiger partial charge in [0.25, 0.3) is 5.91 Å². The molecule has 2 aliphatic rings. The lowest BCUT2D eigenvalue weighted by Crippen LogP contribution is -2.49. The normalized spacial score (nSPS) is 17.8. The van der Waals surface area contributed by atoms with E-state index in [1.54, 1.807) is 35.2 Å². The van der Waals surface area contributed by atoms with Crippen LogP contribution in [0.4, 0.5) is 10.5 Å². The summed E-state index contributed by atoms with van der Waals surface area (Å²) in [6.07, 6.45) is -0.342. The topological polar surface area (TPSA) is 115 Å². The van der Waals surface area contributed by atoms with Gasteiger partial charge in [0, 0.05) is 56.1 Å². The van der Waals surface area contributed by atoms with Crippen LogP contribution < -0.4 is 10.2 Å². The van der Waals surface area contributed by atoms with Crippen molar-refractivity contribution in [1.82, 2.24) is 15.1 Å². The number of nitrogens with one attached hydrogen (secondary N) is 2. The van der Waals surface area contributed by atoms with E-state index in [1.807, 2.05) is 50.2 Å². The van der Waals surface area contributed by atoms with Gasteiger partial charge in [0.15, 0.2) is 0 Å². The summed E-state index contributed by atoms with van der Waals surface area (Å²) in [6, 6.07) is 20.2. The third-order valence-corrected chi connectivity index (χ3v) is 7.52. The van der Waals surface area contributed by atoms with Gasteiger partial charge in [0.1, 0.15) is 11.9 Å². The molecule has 2 aliphatic heterocycles. The Kier molecular flexibility index (Phi) is 9.14. The lowest BCUT2D eigenvalue weighted by atomic mass is 10.1. The van der Waals surface area contributed by atoms with Gasteiger partial charge in [-0.3, -0.25) is 24.8 Å². The molecule has 3 aromatic rings. The minimum atomic E-state index is -0.394. The van der Waals surface area contributed by atoms with Crippen LogP contribution in [0.1, 0.15) is 36.2 Å². The third-order valence-electron chi connectivity index (χ3n) is 7.52. The highest BCUT2D eigenvalue weighted by Gasteiger charge is 2.34. The number of piperazine rings is 1. The number of esters is 1. The van der Waals surface area contributed by atoms with Crippen molar-refractivity contribution in [2.45, 2.75) is 32.5 Å². The first-order valence-electron chi connectivity index (χ1n) is 14.4. The summed E-state index contributed by atoms with van der Waals surface area (Å²) in [5.41, 5.74) is 1.69. The minimum absolute atomic E-state index is 0.0162. The zero-order valence-corrected chi connectivity index (χ0v) is 24.0. The zero-order valence-electron chi connectivity index (χ0n) is 24.0. The number of nitrogens with zero attached hydrogens (tertiary/aromatic N) is 3. The number of amides is 2. The fraction of sp³-hybridized carbons (Fsp3) is 0.375. The molecule has 2 heterocycles. The summed E-state index contributed by atoms with van der Waals surface area (Å²) in [6.45, 7) is 8.87. The van der Waals surface area contributed by atoms with E-state index in [0.29, 0.717) is 42.9 Å². The average molecular weight is 572 g/mol. The monoisotopic (exact) mass is 571 g/mol. The van der Waals surface area contributed by atoms with Gasteiger partial charge in [0.2, 0.25) is 0 Å². The molecule has 0 aromatic heterocycles. The van der Waals surface area contributed by atoms with Crippen molar-refractivity contribution >= 4 is 40.3 Å². The van der Waals surface area contributed by atoms with E-state index in [1.165, 1.54) is 0 Å². The molecule has 0 bridgehead atoms. The molecule has 1 unspecified atom stereocenters. The van der Waals surface area contributed by atoms with Crippen LogP contribution in [0.2, 0.25) is 0 Å². The van der Waals surface area contributed by atoms with Gasteiger partial charge in [-0.25, -0.2) is 4.79 Å². The van der Waals surface area contributed by atoms with Gasteiger partial charge >= 0.3 is 12.1 Å². The smallest absolute Gasteiger partial charge is 0.414 e. The number of fused-ring (bicyclic) bond motifs is 1. The molecular weight excluding hydrogens is 534 g/mol. The number of rotatable bonds is 9. The summed E-state index contributed by atoms with van der Waals surface area (Å²) in [7, 11) is 0.